The van der Waals surface area contributed by atoms with Crippen LogP contribution in [0.4, 0.5) is 11.6 Å². The van der Waals surface area contributed by atoms with Crippen LogP contribution in [0.15, 0.2) is 53.9 Å². The highest BCUT2D eigenvalue weighted by atomic mass is 32.1. The highest BCUT2D eigenvalue weighted by Crippen LogP contribution is 2.34. The number of aromatic nitrogens is 3. The van der Waals surface area contributed by atoms with Crippen LogP contribution in [0.2, 0.25) is 0 Å². The molecule has 2 aromatic carbocycles. The van der Waals surface area contributed by atoms with E-state index in [1.54, 1.807) is 16.5 Å². The molecule has 1 aliphatic heterocycles. The Balaban J connectivity index is 1.34. The molecule has 162 valence electrons. The lowest BCUT2D eigenvalue weighted by Crippen LogP contribution is -2.28. The van der Waals surface area contributed by atoms with Crippen molar-refractivity contribution in [1.82, 2.24) is 14.6 Å². The number of thiazole rings is 1. The molecule has 2 aromatic heterocycles. The average Bonchev–Trinajstić information content (AvgIpc) is 3.48. The van der Waals surface area contributed by atoms with Gasteiger partial charge in [-0.1, -0.05) is 36.4 Å². The summed E-state index contributed by atoms with van der Waals surface area (Å²) in [5.41, 5.74) is 3.62. The van der Waals surface area contributed by atoms with Gasteiger partial charge in [-0.3, -0.25) is 14.9 Å². The number of hydrogen-bond donors (Lipinski definition) is 1. The van der Waals surface area contributed by atoms with Crippen molar-refractivity contribution in [3.8, 4) is 17.0 Å². The summed E-state index contributed by atoms with van der Waals surface area (Å²) in [5, 5.41) is 9.23. The van der Waals surface area contributed by atoms with Crippen molar-refractivity contribution in [1.29, 1.82) is 0 Å². The molecule has 3 heterocycles. The Morgan fingerprint density at radius 2 is 2.03 bits per heavy atom. The summed E-state index contributed by atoms with van der Waals surface area (Å²) in [7, 11) is 1.57. The number of methoxy groups -OCH3 is 1. The molecule has 0 radical (unpaired) electrons. The first-order valence-corrected chi connectivity index (χ1v) is 11.1. The maximum absolute atomic E-state index is 12.9. The lowest BCUT2D eigenvalue weighted by Gasteiger charge is -2.20. The number of amides is 2. The molecule has 32 heavy (non-hydrogen) atoms. The van der Waals surface area contributed by atoms with Gasteiger partial charge in [-0.05, 0) is 24.6 Å². The number of fused-ring (bicyclic) bond motifs is 1. The molecule has 1 unspecified atom stereocenters. The van der Waals surface area contributed by atoms with Crippen LogP contribution >= 0.6 is 11.3 Å². The molecule has 2 amide bonds. The minimum absolute atomic E-state index is 0.112. The Morgan fingerprint density at radius 1 is 1.22 bits per heavy atom. The van der Waals surface area contributed by atoms with Gasteiger partial charge in [0, 0.05) is 23.9 Å². The summed E-state index contributed by atoms with van der Waals surface area (Å²) < 4.78 is 7.13. The van der Waals surface area contributed by atoms with Gasteiger partial charge in [0.25, 0.3) is 0 Å². The number of nitrogens with zero attached hydrogens (tertiary/aromatic N) is 4. The fourth-order valence-electron chi connectivity index (χ4n) is 3.88. The topological polar surface area (TPSA) is 88.8 Å². The van der Waals surface area contributed by atoms with Crippen molar-refractivity contribution in [2.45, 2.75) is 13.3 Å². The van der Waals surface area contributed by atoms with Gasteiger partial charge < -0.3 is 9.64 Å². The molecule has 1 fully saturated rings. The van der Waals surface area contributed by atoms with E-state index >= 15 is 0 Å². The first kappa shape index (κ1) is 20.2. The minimum Gasteiger partial charge on any atom is -0.495 e. The summed E-state index contributed by atoms with van der Waals surface area (Å²) in [5.74, 6) is -0.0402. The largest absolute Gasteiger partial charge is 0.495 e. The van der Waals surface area contributed by atoms with Crippen LogP contribution < -0.4 is 15.0 Å². The molecule has 0 spiro atoms. The van der Waals surface area contributed by atoms with E-state index in [0.717, 1.165) is 16.8 Å². The van der Waals surface area contributed by atoms with Crippen molar-refractivity contribution in [2.24, 2.45) is 5.92 Å². The quantitative estimate of drug-likeness (QED) is 0.503. The molecule has 4 aromatic rings. The zero-order valence-electron chi connectivity index (χ0n) is 17.6. The van der Waals surface area contributed by atoms with Gasteiger partial charge in [-0.25, -0.2) is 4.52 Å². The fourth-order valence-corrected chi connectivity index (χ4v) is 4.71. The Labute approximate surface area is 188 Å². The molecule has 0 bridgehead atoms. The SMILES string of the molecule is COc1ccc(C)cc1N1CC(C(=O)Nc2nc3scc(-c4ccccc4)n3n2)CC1=O. The number of anilines is 2. The van der Waals surface area contributed by atoms with Crippen molar-refractivity contribution < 1.29 is 14.3 Å². The van der Waals surface area contributed by atoms with Crippen LogP contribution in [-0.4, -0.2) is 40.1 Å². The highest BCUT2D eigenvalue weighted by molar-refractivity contribution is 7.15. The van der Waals surface area contributed by atoms with Crippen molar-refractivity contribution in [3.05, 3.63) is 59.5 Å². The van der Waals surface area contributed by atoms with E-state index in [-0.39, 0.29) is 30.7 Å². The summed E-state index contributed by atoms with van der Waals surface area (Å²) in [6, 6.07) is 15.5. The smallest absolute Gasteiger partial charge is 0.250 e. The van der Waals surface area contributed by atoms with E-state index < -0.39 is 5.92 Å². The van der Waals surface area contributed by atoms with Crippen LogP contribution in [0.25, 0.3) is 16.2 Å². The molecule has 1 saturated heterocycles. The number of hydrogen-bond acceptors (Lipinski definition) is 6. The Hall–Kier alpha value is -3.72. The highest BCUT2D eigenvalue weighted by Gasteiger charge is 2.36. The predicted octanol–water partition coefficient (Wildman–Crippen LogP) is 3.77. The first-order valence-electron chi connectivity index (χ1n) is 10.2. The van der Waals surface area contributed by atoms with Gasteiger partial charge in [-0.2, -0.15) is 4.98 Å². The van der Waals surface area contributed by atoms with Gasteiger partial charge in [0.15, 0.2) is 0 Å². The van der Waals surface area contributed by atoms with E-state index in [2.05, 4.69) is 15.4 Å². The Morgan fingerprint density at radius 3 is 2.81 bits per heavy atom. The number of benzene rings is 2. The monoisotopic (exact) mass is 447 g/mol. The van der Waals surface area contributed by atoms with E-state index in [4.69, 9.17) is 4.74 Å². The van der Waals surface area contributed by atoms with Crippen LogP contribution in [0.1, 0.15) is 12.0 Å². The van der Waals surface area contributed by atoms with Crippen molar-refractivity contribution in [2.75, 3.05) is 23.9 Å². The summed E-state index contributed by atoms with van der Waals surface area (Å²) >= 11 is 1.45. The molecule has 0 saturated carbocycles. The molecule has 5 rings (SSSR count). The van der Waals surface area contributed by atoms with Gasteiger partial charge >= 0.3 is 0 Å². The number of aryl methyl sites for hydroxylation is 1. The Bertz CT molecular complexity index is 1310. The van der Waals surface area contributed by atoms with Crippen molar-refractivity contribution >= 4 is 39.7 Å². The normalized spacial score (nSPS) is 16.0. The van der Waals surface area contributed by atoms with Crippen LogP contribution in [0.3, 0.4) is 0 Å². The lowest BCUT2D eigenvalue weighted by molar-refractivity contribution is -0.122. The van der Waals surface area contributed by atoms with Crippen LogP contribution in [0.5, 0.6) is 5.75 Å². The fraction of sp³-hybridized carbons (Fsp3) is 0.217. The number of carbonyl (C=O) groups excluding carboxylic acids is 2. The molecule has 1 atom stereocenters. The third-order valence-corrected chi connectivity index (χ3v) is 6.32. The molecule has 8 nitrogen and oxygen atoms in total. The van der Waals surface area contributed by atoms with Gasteiger partial charge in [-0.15, -0.1) is 16.4 Å². The second-order valence-electron chi connectivity index (χ2n) is 7.69. The Kier molecular flexibility index (Phi) is 5.10. The lowest BCUT2D eigenvalue weighted by atomic mass is 10.1. The molecular formula is C23H21N5O3S. The molecule has 1 N–H and O–H groups in total. The second kappa shape index (κ2) is 8.08. The van der Waals surface area contributed by atoms with Crippen molar-refractivity contribution in [3.63, 3.8) is 0 Å². The first-order chi connectivity index (χ1) is 15.5. The van der Waals surface area contributed by atoms with E-state index in [0.29, 0.717) is 16.4 Å². The molecule has 9 heteroatoms. The molecule has 0 aliphatic carbocycles. The van der Waals surface area contributed by atoms with E-state index in [9.17, 15) is 9.59 Å². The number of rotatable bonds is 5. The molecule has 1 aliphatic rings. The predicted molar refractivity (Wildman–Crippen MR) is 123 cm³/mol. The van der Waals surface area contributed by atoms with Crippen LogP contribution in [0, 0.1) is 12.8 Å². The summed E-state index contributed by atoms with van der Waals surface area (Å²) in [6.45, 7) is 2.23. The van der Waals surface area contributed by atoms with E-state index in [1.807, 2.05) is 60.8 Å². The third-order valence-electron chi connectivity index (χ3n) is 5.51. The zero-order chi connectivity index (χ0) is 22.2. The van der Waals surface area contributed by atoms with Gasteiger partial charge in [0.05, 0.1) is 24.4 Å². The van der Waals surface area contributed by atoms with Gasteiger partial charge in [0.1, 0.15) is 5.75 Å². The summed E-state index contributed by atoms with van der Waals surface area (Å²) in [6.07, 6.45) is 0.125. The standard InChI is InChI=1S/C23H21N5O3S/c1-14-8-9-19(31-2)17(10-14)27-12-16(11-20(27)29)21(30)24-22-25-23-28(26-22)18(13-32-23)15-6-4-3-5-7-15/h3-10,13,16H,11-12H2,1-2H3,(H,24,26,30). The number of ether oxygens (including phenoxy) is 1. The van der Waals surface area contributed by atoms with E-state index in [1.165, 1.54) is 11.3 Å². The number of carbonyl (C=O) groups is 2. The molecular weight excluding hydrogens is 426 g/mol. The average molecular weight is 448 g/mol. The maximum Gasteiger partial charge on any atom is 0.250 e. The van der Waals surface area contributed by atoms with Crippen LogP contribution in [-0.2, 0) is 9.59 Å². The maximum atomic E-state index is 12.9. The zero-order valence-corrected chi connectivity index (χ0v) is 18.4. The second-order valence-corrected chi connectivity index (χ2v) is 8.52. The number of nitrogens with one attached hydrogen (secondary N) is 1. The minimum atomic E-state index is -0.497. The summed E-state index contributed by atoms with van der Waals surface area (Å²) in [4.78, 5) is 32.3. The van der Waals surface area contributed by atoms with Gasteiger partial charge in [0.2, 0.25) is 22.7 Å². The third kappa shape index (κ3) is 3.60.